The molecule has 1 aromatic heterocycles. The second kappa shape index (κ2) is 11.2. The fourth-order valence-corrected chi connectivity index (χ4v) is 5.32. The predicted molar refractivity (Wildman–Crippen MR) is 140 cm³/mol. The first-order chi connectivity index (χ1) is 17.4. The molecule has 186 valence electrons. The topological polar surface area (TPSA) is 127 Å². The summed E-state index contributed by atoms with van der Waals surface area (Å²) in [5.41, 5.74) is 0.510. The van der Waals surface area contributed by atoms with Crippen LogP contribution < -0.4 is 25.4 Å². The Morgan fingerprint density at radius 1 is 1.17 bits per heavy atom. The van der Waals surface area contributed by atoms with Crippen LogP contribution in [0.4, 0.5) is 5.69 Å². The molecule has 0 aliphatic carbocycles. The van der Waals surface area contributed by atoms with Crippen LogP contribution in [0.15, 0.2) is 41.2 Å². The number of fused-ring (bicyclic) bond motifs is 1. The Kier molecular flexibility index (Phi) is 7.83. The molecule has 3 aromatic rings. The summed E-state index contributed by atoms with van der Waals surface area (Å²) in [6.07, 6.45) is 3.97. The summed E-state index contributed by atoms with van der Waals surface area (Å²) in [5.74, 6) is -1.46. The number of nitrogens with one attached hydrogen (secondary N) is 2. The molecule has 36 heavy (non-hydrogen) atoms. The van der Waals surface area contributed by atoms with Crippen LogP contribution in [0.1, 0.15) is 30.1 Å². The zero-order valence-corrected chi connectivity index (χ0v) is 20.7. The highest BCUT2D eigenvalue weighted by Gasteiger charge is 2.14. The molecule has 10 heteroatoms. The monoisotopic (exact) mass is 505 g/mol. The van der Waals surface area contributed by atoms with Gasteiger partial charge in [0, 0.05) is 37.1 Å². The maximum absolute atomic E-state index is 12.7. The molecule has 0 radical (unpaired) electrons. The van der Waals surface area contributed by atoms with E-state index in [2.05, 4.69) is 15.5 Å². The molecule has 9 nitrogen and oxygen atoms in total. The van der Waals surface area contributed by atoms with Gasteiger partial charge >= 0.3 is 5.97 Å². The molecule has 1 aliphatic rings. The van der Waals surface area contributed by atoms with Crippen molar-refractivity contribution in [1.82, 2.24) is 14.8 Å². The number of likely N-dealkylation sites (tertiary alicyclic amines) is 1. The highest BCUT2D eigenvalue weighted by Crippen LogP contribution is 2.21. The van der Waals surface area contributed by atoms with E-state index in [1.54, 1.807) is 19.1 Å². The maximum atomic E-state index is 12.7. The zero-order valence-electron chi connectivity index (χ0n) is 19.9. The van der Waals surface area contributed by atoms with Crippen molar-refractivity contribution < 1.29 is 14.7 Å². The molecule has 1 aliphatic heterocycles. The second-order valence-corrected chi connectivity index (χ2v) is 9.51. The Hall–Kier alpha value is -3.94. The average molecular weight is 506 g/mol. The molecule has 0 spiro atoms. The number of aromatic nitrogens is 1. The van der Waals surface area contributed by atoms with Gasteiger partial charge in [-0.05, 0) is 67.9 Å². The highest BCUT2D eigenvalue weighted by atomic mass is 32.1. The molecule has 0 unspecified atom stereocenters. The molecule has 0 saturated carbocycles. The highest BCUT2D eigenvalue weighted by molar-refractivity contribution is 7.07. The number of hydrogen-bond acceptors (Lipinski definition) is 7. The van der Waals surface area contributed by atoms with Gasteiger partial charge in [-0.3, -0.25) is 14.2 Å². The van der Waals surface area contributed by atoms with Crippen molar-refractivity contribution in [3.05, 3.63) is 61.5 Å². The normalized spacial score (nSPS) is 15.1. The fourth-order valence-electron chi connectivity index (χ4n) is 4.24. The van der Waals surface area contributed by atoms with Crippen molar-refractivity contribution in [3.8, 4) is 6.07 Å². The van der Waals surface area contributed by atoms with E-state index in [9.17, 15) is 24.8 Å². The summed E-state index contributed by atoms with van der Waals surface area (Å²) < 4.78 is 1.69. The maximum Gasteiger partial charge on any atom is 0.349 e. The summed E-state index contributed by atoms with van der Waals surface area (Å²) in [5, 5.41) is 26.4. The van der Waals surface area contributed by atoms with Crippen LogP contribution in [0, 0.1) is 11.3 Å². The third kappa shape index (κ3) is 5.48. The lowest BCUT2D eigenvalue weighted by Gasteiger charge is -2.14. The molecule has 1 amide bonds. The summed E-state index contributed by atoms with van der Waals surface area (Å²) in [6.45, 7) is 5.66. The van der Waals surface area contributed by atoms with Gasteiger partial charge in [-0.25, -0.2) is 4.79 Å². The molecule has 1 saturated heterocycles. The number of amides is 1. The van der Waals surface area contributed by atoms with Crippen molar-refractivity contribution >= 4 is 51.4 Å². The number of carbonyl (C=O) groups excluding carboxylic acids is 1. The van der Waals surface area contributed by atoms with E-state index in [-0.39, 0.29) is 22.7 Å². The van der Waals surface area contributed by atoms with E-state index in [0.717, 1.165) is 47.4 Å². The van der Waals surface area contributed by atoms with Gasteiger partial charge in [0.25, 0.3) is 11.5 Å². The number of hydrogen-bond donors (Lipinski definition) is 3. The Labute approximate surface area is 211 Å². The summed E-state index contributed by atoms with van der Waals surface area (Å²) in [4.78, 5) is 39.0. The van der Waals surface area contributed by atoms with Crippen LogP contribution in [0.5, 0.6) is 0 Å². The van der Waals surface area contributed by atoms with Crippen LogP contribution in [0.3, 0.4) is 0 Å². The minimum Gasteiger partial charge on any atom is -0.477 e. The number of carbonyl (C=O) groups is 2. The molecule has 0 atom stereocenters. The van der Waals surface area contributed by atoms with Gasteiger partial charge < -0.3 is 20.6 Å². The third-order valence-electron chi connectivity index (χ3n) is 6.15. The molecular formula is C26H27N5O4S. The van der Waals surface area contributed by atoms with Gasteiger partial charge in [-0.15, -0.1) is 11.3 Å². The Bertz CT molecular complexity index is 1530. The smallest absolute Gasteiger partial charge is 0.349 e. The van der Waals surface area contributed by atoms with E-state index in [1.165, 1.54) is 23.6 Å². The number of rotatable bonds is 8. The van der Waals surface area contributed by atoms with Crippen LogP contribution >= 0.6 is 11.3 Å². The van der Waals surface area contributed by atoms with E-state index in [0.29, 0.717) is 16.6 Å². The van der Waals surface area contributed by atoms with Gasteiger partial charge in [-0.1, -0.05) is 12.1 Å². The van der Waals surface area contributed by atoms with E-state index >= 15 is 0 Å². The van der Waals surface area contributed by atoms with Crippen LogP contribution in [0.25, 0.3) is 22.5 Å². The van der Waals surface area contributed by atoms with Crippen LogP contribution in [-0.4, -0.2) is 52.6 Å². The zero-order chi connectivity index (χ0) is 25.7. The molecular weight excluding hydrogens is 478 g/mol. The predicted octanol–water partition coefficient (Wildman–Crippen LogP) is 1.52. The summed E-state index contributed by atoms with van der Waals surface area (Å²) in [6, 6.07) is 12.8. The number of nitrogens with zero attached hydrogens (tertiary/aromatic N) is 3. The first kappa shape index (κ1) is 25.2. The van der Waals surface area contributed by atoms with Crippen LogP contribution in [0.2, 0.25) is 0 Å². The number of nitriles is 1. The molecule has 1 fully saturated rings. The lowest BCUT2D eigenvalue weighted by Crippen LogP contribution is -2.33. The minimum absolute atomic E-state index is 0.0951. The number of aliphatic carboxylic acids is 1. The number of benzene rings is 2. The second-order valence-electron chi connectivity index (χ2n) is 8.48. The van der Waals surface area contributed by atoms with Crippen molar-refractivity contribution in [2.24, 2.45) is 0 Å². The average Bonchev–Trinajstić information content (AvgIpc) is 3.50. The summed E-state index contributed by atoms with van der Waals surface area (Å²) >= 11 is 0.959. The van der Waals surface area contributed by atoms with Gasteiger partial charge in [-0.2, -0.15) is 5.26 Å². The fraction of sp³-hybridized carbons (Fsp3) is 0.308. The number of carboxylic acid groups (broad SMARTS) is 1. The molecule has 2 aromatic carbocycles. The van der Waals surface area contributed by atoms with Crippen molar-refractivity contribution in [2.45, 2.75) is 26.3 Å². The molecule has 2 heterocycles. The minimum atomic E-state index is -1.37. The van der Waals surface area contributed by atoms with Gasteiger partial charge in [0.2, 0.25) is 0 Å². The Morgan fingerprint density at radius 2 is 1.89 bits per heavy atom. The molecule has 0 bridgehead atoms. The Morgan fingerprint density at radius 3 is 2.58 bits per heavy atom. The lowest BCUT2D eigenvalue weighted by molar-refractivity contribution is -0.130. The van der Waals surface area contributed by atoms with E-state index < -0.39 is 11.5 Å². The SMILES string of the molecule is CCn1c(=O)/c(=C\Nc2ccc3cc(C(=O)NCCN4CCCC4)ccc3c2)s/c1=C(/C#N)C(=O)O. The van der Waals surface area contributed by atoms with Crippen molar-refractivity contribution in [2.75, 3.05) is 31.5 Å². The molecule has 3 N–H and O–H groups in total. The number of anilines is 1. The first-order valence-electron chi connectivity index (χ1n) is 11.8. The van der Waals surface area contributed by atoms with Crippen LogP contribution in [-0.2, 0) is 11.3 Å². The first-order valence-corrected chi connectivity index (χ1v) is 12.6. The van der Waals surface area contributed by atoms with Gasteiger partial charge in [0.15, 0.2) is 5.57 Å². The van der Waals surface area contributed by atoms with E-state index in [4.69, 9.17) is 0 Å². The number of carboxylic acids is 1. The molecule has 4 rings (SSSR count). The summed E-state index contributed by atoms with van der Waals surface area (Å²) in [7, 11) is 0. The lowest BCUT2D eigenvalue weighted by atomic mass is 10.1. The van der Waals surface area contributed by atoms with E-state index in [1.807, 2.05) is 30.3 Å². The van der Waals surface area contributed by atoms with Crippen molar-refractivity contribution in [1.29, 1.82) is 5.26 Å². The standard InChI is InChI=1S/C26H27N5O4S/c1-2-31-24(33)22(36-25(31)21(15-27)26(34)35)16-29-20-8-7-17-13-19(6-5-18(17)14-20)23(32)28-9-12-30-10-3-4-11-30/h5-8,13-14,16,29H,2-4,9-12H2,1H3,(H,28,32)(H,34,35)/b22-16+,25-21-. The largest absolute Gasteiger partial charge is 0.477 e. The van der Waals surface area contributed by atoms with Gasteiger partial charge in [0.05, 0.1) is 0 Å². The quantitative estimate of drug-likeness (QED) is 0.424. The Balaban J connectivity index is 1.51. The van der Waals surface area contributed by atoms with Crippen molar-refractivity contribution in [3.63, 3.8) is 0 Å². The number of thiazole rings is 1. The third-order valence-corrected chi connectivity index (χ3v) is 7.28. The van der Waals surface area contributed by atoms with Gasteiger partial charge in [0.1, 0.15) is 15.3 Å².